The number of thiazole rings is 1. The Hall–Kier alpha value is -2.46. The number of nitrogens with one attached hydrogen (secondary N) is 1. The predicted octanol–water partition coefficient (Wildman–Crippen LogP) is 4.99. The van der Waals surface area contributed by atoms with Crippen molar-refractivity contribution in [3.8, 4) is 11.3 Å². The van der Waals surface area contributed by atoms with Crippen LogP contribution in [0.5, 0.6) is 0 Å². The van der Waals surface area contributed by atoms with Crippen molar-refractivity contribution in [2.24, 2.45) is 0 Å². The summed E-state index contributed by atoms with van der Waals surface area (Å²) in [4.78, 5) is 16.8. The number of rotatable bonds is 3. The molecule has 3 aromatic rings. The maximum atomic E-state index is 12.4. The Morgan fingerprint density at radius 2 is 1.78 bits per heavy atom. The highest BCUT2D eigenvalue weighted by atomic mass is 32.1. The Bertz CT molecular complexity index is 850. The van der Waals surface area contributed by atoms with E-state index in [2.05, 4.69) is 16.4 Å². The Kier molecular flexibility index (Phi) is 4.26. The van der Waals surface area contributed by atoms with Crippen LogP contribution in [0.2, 0.25) is 0 Å². The van der Waals surface area contributed by atoms with E-state index in [1.807, 2.05) is 62.5 Å². The highest BCUT2D eigenvalue weighted by Crippen LogP contribution is 2.22. The van der Waals surface area contributed by atoms with Gasteiger partial charge in [0, 0.05) is 22.2 Å². The van der Waals surface area contributed by atoms with Gasteiger partial charge in [-0.05, 0) is 44.5 Å². The molecule has 3 nitrogen and oxygen atoms in total. The second-order valence-corrected chi connectivity index (χ2v) is 6.66. The lowest BCUT2D eigenvalue weighted by Gasteiger charge is -2.09. The average Bonchev–Trinajstić information content (AvgIpc) is 2.97. The first-order valence-corrected chi connectivity index (χ1v) is 8.32. The van der Waals surface area contributed by atoms with Crippen molar-refractivity contribution in [2.45, 2.75) is 20.8 Å². The normalized spacial score (nSPS) is 10.6. The summed E-state index contributed by atoms with van der Waals surface area (Å²) in [6.07, 6.45) is 0. The molecular weight excluding hydrogens is 304 g/mol. The number of aryl methyl sites for hydroxylation is 3. The molecule has 0 radical (unpaired) electrons. The van der Waals surface area contributed by atoms with Crippen molar-refractivity contribution < 1.29 is 4.79 Å². The summed E-state index contributed by atoms with van der Waals surface area (Å²) >= 11 is 1.62. The molecule has 0 saturated carbocycles. The van der Waals surface area contributed by atoms with Gasteiger partial charge >= 0.3 is 0 Å². The number of carbonyl (C=O) groups is 1. The third kappa shape index (κ3) is 3.48. The maximum Gasteiger partial charge on any atom is 0.255 e. The summed E-state index contributed by atoms with van der Waals surface area (Å²) in [5.41, 5.74) is 5.71. The minimum atomic E-state index is -0.0991. The zero-order valence-corrected chi connectivity index (χ0v) is 14.2. The number of amides is 1. The average molecular weight is 322 g/mol. The molecule has 1 N–H and O–H groups in total. The second kappa shape index (κ2) is 6.34. The lowest BCUT2D eigenvalue weighted by molar-refractivity contribution is 0.102. The van der Waals surface area contributed by atoms with Crippen LogP contribution < -0.4 is 5.32 Å². The van der Waals surface area contributed by atoms with Gasteiger partial charge < -0.3 is 5.32 Å². The molecule has 1 amide bonds. The second-order valence-electron chi connectivity index (χ2n) is 5.60. The smallest absolute Gasteiger partial charge is 0.255 e. The van der Waals surface area contributed by atoms with Crippen molar-refractivity contribution in [2.75, 3.05) is 5.32 Å². The van der Waals surface area contributed by atoms with Gasteiger partial charge in [-0.2, -0.15) is 0 Å². The van der Waals surface area contributed by atoms with Crippen LogP contribution >= 0.6 is 11.3 Å². The van der Waals surface area contributed by atoms with Crippen molar-refractivity contribution in [3.63, 3.8) is 0 Å². The van der Waals surface area contributed by atoms with Gasteiger partial charge in [0.25, 0.3) is 5.91 Å². The summed E-state index contributed by atoms with van der Waals surface area (Å²) in [7, 11) is 0. The zero-order valence-electron chi connectivity index (χ0n) is 13.4. The van der Waals surface area contributed by atoms with Crippen LogP contribution in [0, 0.1) is 20.8 Å². The first-order valence-electron chi connectivity index (χ1n) is 7.44. The Morgan fingerprint density at radius 3 is 2.39 bits per heavy atom. The highest BCUT2D eigenvalue weighted by Gasteiger charge is 2.09. The molecule has 0 fully saturated rings. The van der Waals surface area contributed by atoms with E-state index in [0.29, 0.717) is 5.56 Å². The maximum absolute atomic E-state index is 12.4. The summed E-state index contributed by atoms with van der Waals surface area (Å²) in [5.74, 6) is -0.0991. The van der Waals surface area contributed by atoms with E-state index >= 15 is 0 Å². The van der Waals surface area contributed by atoms with Gasteiger partial charge in [0.05, 0.1) is 10.7 Å². The molecule has 1 aromatic heterocycles. The van der Waals surface area contributed by atoms with E-state index in [1.165, 1.54) is 5.56 Å². The SMILES string of the molecule is Cc1ccc(NC(=O)c2ccc(-c3csc(C)n3)cc2)c(C)c1. The van der Waals surface area contributed by atoms with Gasteiger partial charge in [0.2, 0.25) is 0 Å². The van der Waals surface area contributed by atoms with Crippen molar-refractivity contribution in [1.82, 2.24) is 4.98 Å². The standard InChI is InChI=1S/C19H18N2OS/c1-12-4-9-17(13(2)10-12)21-19(22)16-7-5-15(6-8-16)18-11-23-14(3)20-18/h4-11H,1-3H3,(H,21,22). The van der Waals surface area contributed by atoms with Crippen molar-refractivity contribution in [1.29, 1.82) is 0 Å². The summed E-state index contributed by atoms with van der Waals surface area (Å²) in [6, 6.07) is 13.5. The molecule has 23 heavy (non-hydrogen) atoms. The van der Waals surface area contributed by atoms with Crippen molar-refractivity contribution in [3.05, 3.63) is 69.5 Å². The summed E-state index contributed by atoms with van der Waals surface area (Å²) < 4.78 is 0. The molecule has 0 aliphatic rings. The number of carbonyl (C=O) groups excluding carboxylic acids is 1. The molecule has 0 unspecified atom stereocenters. The van der Waals surface area contributed by atoms with Gasteiger partial charge in [0.1, 0.15) is 0 Å². The van der Waals surface area contributed by atoms with Crippen LogP contribution in [0.25, 0.3) is 11.3 Å². The van der Waals surface area contributed by atoms with E-state index in [9.17, 15) is 4.79 Å². The first kappa shape index (κ1) is 15.4. The van der Waals surface area contributed by atoms with E-state index < -0.39 is 0 Å². The minimum absolute atomic E-state index is 0.0991. The number of hydrogen-bond acceptors (Lipinski definition) is 3. The molecule has 4 heteroatoms. The van der Waals surface area contributed by atoms with Gasteiger partial charge in [-0.1, -0.05) is 29.8 Å². The monoisotopic (exact) mass is 322 g/mol. The highest BCUT2D eigenvalue weighted by molar-refractivity contribution is 7.09. The third-order valence-electron chi connectivity index (χ3n) is 3.69. The van der Waals surface area contributed by atoms with E-state index in [-0.39, 0.29) is 5.91 Å². The van der Waals surface area contributed by atoms with Gasteiger partial charge in [-0.3, -0.25) is 4.79 Å². The number of nitrogens with zero attached hydrogens (tertiary/aromatic N) is 1. The van der Waals surface area contributed by atoms with Crippen LogP contribution in [0.15, 0.2) is 47.8 Å². The molecule has 0 spiro atoms. The molecule has 0 aliphatic carbocycles. The van der Waals surface area contributed by atoms with Crippen molar-refractivity contribution >= 4 is 22.9 Å². The Balaban J connectivity index is 1.77. The van der Waals surface area contributed by atoms with Crippen LogP contribution in [0.3, 0.4) is 0 Å². The zero-order chi connectivity index (χ0) is 16.4. The topological polar surface area (TPSA) is 42.0 Å². The summed E-state index contributed by atoms with van der Waals surface area (Å²) in [6.45, 7) is 6.02. The lowest BCUT2D eigenvalue weighted by Crippen LogP contribution is -2.12. The van der Waals surface area contributed by atoms with Crippen LogP contribution in [0.1, 0.15) is 26.5 Å². The van der Waals surface area contributed by atoms with Crippen LogP contribution in [-0.2, 0) is 0 Å². The number of aromatic nitrogens is 1. The van der Waals surface area contributed by atoms with E-state index in [1.54, 1.807) is 11.3 Å². The van der Waals surface area contributed by atoms with E-state index in [4.69, 9.17) is 0 Å². The molecule has 0 aliphatic heterocycles. The Labute approximate surface area is 140 Å². The molecule has 0 bridgehead atoms. The summed E-state index contributed by atoms with van der Waals surface area (Å²) in [5, 5.41) is 6.03. The minimum Gasteiger partial charge on any atom is -0.322 e. The Morgan fingerprint density at radius 1 is 1.04 bits per heavy atom. The van der Waals surface area contributed by atoms with Gasteiger partial charge in [-0.15, -0.1) is 11.3 Å². The molecule has 0 saturated heterocycles. The fraction of sp³-hybridized carbons (Fsp3) is 0.158. The largest absolute Gasteiger partial charge is 0.322 e. The molecule has 2 aromatic carbocycles. The van der Waals surface area contributed by atoms with E-state index in [0.717, 1.165) is 27.5 Å². The quantitative estimate of drug-likeness (QED) is 0.738. The molecule has 116 valence electrons. The number of benzene rings is 2. The van der Waals surface area contributed by atoms with Gasteiger partial charge in [-0.25, -0.2) is 4.98 Å². The molecule has 3 rings (SSSR count). The predicted molar refractivity (Wildman–Crippen MR) is 96.2 cm³/mol. The lowest BCUT2D eigenvalue weighted by atomic mass is 10.1. The third-order valence-corrected chi connectivity index (χ3v) is 4.47. The fourth-order valence-electron chi connectivity index (χ4n) is 2.44. The fourth-order valence-corrected chi connectivity index (χ4v) is 3.06. The first-order chi connectivity index (χ1) is 11.0. The number of anilines is 1. The molecule has 1 heterocycles. The van der Waals surface area contributed by atoms with Crippen LogP contribution in [-0.4, -0.2) is 10.9 Å². The van der Waals surface area contributed by atoms with Gasteiger partial charge in [0.15, 0.2) is 0 Å². The van der Waals surface area contributed by atoms with Crippen LogP contribution in [0.4, 0.5) is 5.69 Å². The molecule has 0 atom stereocenters. The molecular formula is C19H18N2OS. The number of hydrogen-bond donors (Lipinski definition) is 1.